The Morgan fingerprint density at radius 2 is 1.63 bits per heavy atom. The van der Waals surface area contributed by atoms with Gasteiger partial charge in [0.2, 0.25) is 0 Å². The summed E-state index contributed by atoms with van der Waals surface area (Å²) in [6, 6.07) is 18.5. The van der Waals surface area contributed by atoms with Gasteiger partial charge in [-0.05, 0) is 60.9 Å². The van der Waals surface area contributed by atoms with Crippen molar-refractivity contribution in [2.24, 2.45) is 5.92 Å². The van der Waals surface area contributed by atoms with Gasteiger partial charge < -0.3 is 0 Å². The lowest BCUT2D eigenvalue weighted by atomic mass is 10.0. The Morgan fingerprint density at radius 1 is 1.00 bits per heavy atom. The van der Waals surface area contributed by atoms with Crippen LogP contribution in [-0.2, 0) is 13.0 Å². The zero-order chi connectivity index (χ0) is 19.6. The molecule has 0 aromatic heterocycles. The van der Waals surface area contributed by atoms with Crippen LogP contribution in [0.15, 0.2) is 53.4 Å². The number of benzene rings is 2. The van der Waals surface area contributed by atoms with Gasteiger partial charge in [-0.25, -0.2) is 0 Å². The van der Waals surface area contributed by atoms with Crippen molar-refractivity contribution >= 4 is 11.9 Å². The summed E-state index contributed by atoms with van der Waals surface area (Å²) in [5.74, 6) is 0.724. The minimum Gasteiger partial charge on any atom is -0.297 e. The third kappa shape index (κ3) is 7.69. The zero-order valence-corrected chi connectivity index (χ0v) is 18.5. The number of hydrogen-bond acceptors (Lipinski definition) is 3. The van der Waals surface area contributed by atoms with Gasteiger partial charge in [-0.3, -0.25) is 9.62 Å². The van der Waals surface area contributed by atoms with Crippen molar-refractivity contribution in [2.45, 2.75) is 64.9 Å². The van der Waals surface area contributed by atoms with Crippen LogP contribution in [0, 0.1) is 12.8 Å². The quantitative estimate of drug-likeness (QED) is 0.581. The Kier molecular flexibility index (Phi) is 9.40. The first-order valence-electron chi connectivity index (χ1n) is 10.4. The lowest BCUT2D eigenvalue weighted by Gasteiger charge is -2.17. The van der Waals surface area contributed by atoms with Crippen molar-refractivity contribution in [1.29, 1.82) is 0 Å². The van der Waals surface area contributed by atoms with E-state index in [4.69, 9.17) is 0 Å². The van der Waals surface area contributed by atoms with E-state index in [1.54, 1.807) is 11.9 Å². The van der Waals surface area contributed by atoms with Crippen LogP contribution in [0.25, 0.3) is 0 Å². The number of rotatable bonds is 7. The minimum absolute atomic E-state index is 0.575. The van der Waals surface area contributed by atoms with Gasteiger partial charge in [-0.15, -0.1) is 0 Å². The van der Waals surface area contributed by atoms with Gasteiger partial charge in [0.1, 0.15) is 0 Å². The molecule has 2 nitrogen and oxygen atoms in total. The van der Waals surface area contributed by atoms with Crippen LogP contribution in [0.1, 0.15) is 50.8 Å². The molecule has 1 fully saturated rings. The van der Waals surface area contributed by atoms with Crippen LogP contribution in [0.5, 0.6) is 0 Å². The fourth-order valence-corrected chi connectivity index (χ4v) is 4.11. The van der Waals surface area contributed by atoms with E-state index >= 15 is 0 Å². The minimum atomic E-state index is 0.575. The molecule has 1 aliphatic heterocycles. The van der Waals surface area contributed by atoms with E-state index in [0.29, 0.717) is 6.04 Å². The molecule has 0 saturated carbocycles. The van der Waals surface area contributed by atoms with Gasteiger partial charge in [-0.2, -0.15) is 0 Å². The Morgan fingerprint density at radius 3 is 2.26 bits per heavy atom. The SMILES string of the molecule is CC.Cc1ccc(SN[C@@H]2CCN(Cc3ccc(CC(C)C)cc3)C2)cc1. The van der Waals surface area contributed by atoms with Crippen molar-refractivity contribution in [1.82, 2.24) is 9.62 Å². The van der Waals surface area contributed by atoms with Crippen molar-refractivity contribution in [3.63, 3.8) is 0 Å². The van der Waals surface area contributed by atoms with Gasteiger partial charge in [-0.1, -0.05) is 69.7 Å². The van der Waals surface area contributed by atoms with Crippen LogP contribution in [0.2, 0.25) is 0 Å². The maximum absolute atomic E-state index is 3.64. The van der Waals surface area contributed by atoms with Crippen LogP contribution in [-0.4, -0.2) is 24.0 Å². The summed E-state index contributed by atoms with van der Waals surface area (Å²) in [5.41, 5.74) is 4.20. The number of likely N-dealkylation sites (tertiary alicyclic amines) is 1. The first kappa shape index (κ1) is 22.0. The monoisotopic (exact) mass is 384 g/mol. The Labute approximate surface area is 170 Å². The summed E-state index contributed by atoms with van der Waals surface area (Å²) in [4.78, 5) is 3.86. The molecule has 1 aliphatic rings. The van der Waals surface area contributed by atoms with Gasteiger partial charge in [0.15, 0.2) is 0 Å². The van der Waals surface area contributed by atoms with E-state index in [9.17, 15) is 0 Å². The third-order valence-corrected chi connectivity index (χ3v) is 5.67. The number of nitrogens with one attached hydrogen (secondary N) is 1. The molecule has 0 radical (unpaired) electrons. The normalized spacial score (nSPS) is 17.0. The first-order chi connectivity index (χ1) is 13.1. The summed E-state index contributed by atoms with van der Waals surface area (Å²) in [6.07, 6.45) is 2.40. The maximum Gasteiger partial charge on any atom is 0.0314 e. The van der Waals surface area contributed by atoms with Crippen molar-refractivity contribution in [3.05, 3.63) is 65.2 Å². The lowest BCUT2D eigenvalue weighted by molar-refractivity contribution is 0.325. The Balaban J connectivity index is 0.00000126. The summed E-state index contributed by atoms with van der Waals surface area (Å²) in [5, 5.41) is 0. The Hall–Kier alpha value is -1.29. The fourth-order valence-electron chi connectivity index (χ4n) is 3.34. The molecule has 3 heteroatoms. The molecule has 2 aromatic carbocycles. The van der Waals surface area contributed by atoms with E-state index in [1.807, 2.05) is 13.8 Å². The highest BCUT2D eigenvalue weighted by atomic mass is 32.2. The fraction of sp³-hybridized carbons (Fsp3) is 0.500. The second kappa shape index (κ2) is 11.5. The number of nitrogens with zero attached hydrogens (tertiary/aromatic N) is 1. The van der Waals surface area contributed by atoms with Crippen LogP contribution < -0.4 is 4.72 Å². The number of aryl methyl sites for hydroxylation is 1. The molecule has 0 amide bonds. The molecule has 1 N–H and O–H groups in total. The summed E-state index contributed by atoms with van der Waals surface area (Å²) in [7, 11) is 0. The summed E-state index contributed by atoms with van der Waals surface area (Å²) < 4.78 is 3.64. The largest absolute Gasteiger partial charge is 0.297 e. The van der Waals surface area contributed by atoms with Crippen molar-refractivity contribution in [3.8, 4) is 0 Å². The zero-order valence-electron chi connectivity index (χ0n) is 17.7. The van der Waals surface area contributed by atoms with E-state index in [0.717, 1.165) is 19.0 Å². The second-order valence-electron chi connectivity index (χ2n) is 7.67. The Bertz CT molecular complexity index is 649. The standard InChI is InChI=1S/C22H30N2S.C2H6/c1-17(2)14-19-6-8-20(9-7-19)15-24-13-12-21(16-24)23-25-22-10-4-18(3)5-11-22;1-2/h4-11,17,21,23H,12-16H2,1-3H3;1-2H3/t21-;/m1./s1. The van der Waals surface area contributed by atoms with E-state index < -0.39 is 0 Å². The van der Waals surface area contributed by atoms with Crippen LogP contribution >= 0.6 is 11.9 Å². The molecule has 0 bridgehead atoms. The molecule has 1 saturated heterocycles. The molecular weight excluding hydrogens is 348 g/mol. The highest BCUT2D eigenvalue weighted by molar-refractivity contribution is 7.97. The summed E-state index contributed by atoms with van der Waals surface area (Å²) in [6.45, 7) is 14.1. The van der Waals surface area contributed by atoms with Crippen molar-refractivity contribution in [2.75, 3.05) is 13.1 Å². The molecule has 3 rings (SSSR count). The molecule has 1 heterocycles. The molecule has 27 heavy (non-hydrogen) atoms. The smallest absolute Gasteiger partial charge is 0.0314 e. The van der Waals surface area contributed by atoms with E-state index in [1.165, 1.54) is 41.0 Å². The molecule has 2 aromatic rings. The molecule has 148 valence electrons. The first-order valence-corrected chi connectivity index (χ1v) is 11.2. The average molecular weight is 385 g/mol. The third-order valence-electron chi connectivity index (χ3n) is 4.71. The average Bonchev–Trinajstić information content (AvgIpc) is 3.11. The molecular formula is C24H36N2S. The molecule has 0 unspecified atom stereocenters. The second-order valence-corrected chi connectivity index (χ2v) is 8.58. The molecule has 0 aliphatic carbocycles. The lowest BCUT2D eigenvalue weighted by Crippen LogP contribution is -2.28. The molecule has 1 atom stereocenters. The highest BCUT2D eigenvalue weighted by Crippen LogP contribution is 2.20. The van der Waals surface area contributed by atoms with Gasteiger partial charge >= 0.3 is 0 Å². The van der Waals surface area contributed by atoms with E-state index in [-0.39, 0.29) is 0 Å². The highest BCUT2D eigenvalue weighted by Gasteiger charge is 2.22. The predicted molar refractivity (Wildman–Crippen MR) is 120 cm³/mol. The van der Waals surface area contributed by atoms with Crippen molar-refractivity contribution < 1.29 is 0 Å². The topological polar surface area (TPSA) is 15.3 Å². The number of hydrogen-bond donors (Lipinski definition) is 1. The van der Waals surface area contributed by atoms with Crippen LogP contribution in [0.3, 0.4) is 0 Å². The van der Waals surface area contributed by atoms with Gasteiger partial charge in [0, 0.05) is 30.6 Å². The van der Waals surface area contributed by atoms with Gasteiger partial charge in [0.05, 0.1) is 0 Å². The van der Waals surface area contributed by atoms with Crippen LogP contribution in [0.4, 0.5) is 0 Å². The maximum atomic E-state index is 3.64. The van der Waals surface area contributed by atoms with E-state index in [2.05, 4.69) is 78.9 Å². The predicted octanol–water partition coefficient (Wildman–Crippen LogP) is 6.09. The van der Waals surface area contributed by atoms with Gasteiger partial charge in [0.25, 0.3) is 0 Å². The summed E-state index contributed by atoms with van der Waals surface area (Å²) >= 11 is 1.77. The molecule has 0 spiro atoms.